The lowest BCUT2D eigenvalue weighted by Crippen LogP contribution is -2.72. The van der Waals surface area contributed by atoms with E-state index in [0.717, 1.165) is 4.90 Å². The van der Waals surface area contributed by atoms with E-state index in [2.05, 4.69) is 11.9 Å². The number of nitrogens with one attached hydrogen (secondary N) is 1. The molecule has 2 rings (SSSR count). The Labute approximate surface area is 138 Å². The molecular weight excluding hydrogens is 320 g/mol. The Bertz CT molecular complexity index is 595. The summed E-state index contributed by atoms with van der Waals surface area (Å²) in [7, 11) is 0. The number of hydrogen-bond donors (Lipinski definition) is 3. The summed E-state index contributed by atoms with van der Waals surface area (Å²) in [5.41, 5.74) is 0.370. The highest BCUT2D eigenvalue weighted by Crippen LogP contribution is 2.31. The normalized spacial score (nSPS) is 21.3. The lowest BCUT2D eigenvalue weighted by atomic mass is 10.0. The monoisotopic (exact) mass is 338 g/mol. The van der Waals surface area contributed by atoms with Crippen LogP contribution in [-0.2, 0) is 9.59 Å². The van der Waals surface area contributed by atoms with E-state index in [1.165, 1.54) is 0 Å². The van der Waals surface area contributed by atoms with Gasteiger partial charge in [0.25, 0.3) is 11.8 Å². The minimum atomic E-state index is -1.19. The van der Waals surface area contributed by atoms with E-state index in [4.69, 9.17) is 4.74 Å². The van der Waals surface area contributed by atoms with Crippen molar-refractivity contribution in [3.8, 4) is 5.75 Å². The van der Waals surface area contributed by atoms with Crippen LogP contribution in [-0.4, -0.2) is 50.6 Å². The van der Waals surface area contributed by atoms with Gasteiger partial charge in [0.2, 0.25) is 0 Å². The van der Waals surface area contributed by atoms with Crippen molar-refractivity contribution in [2.45, 2.75) is 24.6 Å². The van der Waals surface area contributed by atoms with Crippen molar-refractivity contribution in [1.82, 2.24) is 10.2 Å². The van der Waals surface area contributed by atoms with E-state index in [0.29, 0.717) is 23.4 Å². The van der Waals surface area contributed by atoms with Gasteiger partial charge in [-0.25, -0.2) is 0 Å². The molecule has 7 nitrogen and oxygen atoms in total. The SMILES string of the molecule is C=C(C)C(O)N1C(=O)[C@@H](NC(=O)COc2ccccc2)[C@H]1SO. The molecule has 1 fully saturated rings. The van der Waals surface area contributed by atoms with E-state index in [1.54, 1.807) is 31.2 Å². The first kappa shape index (κ1) is 17.3. The average Bonchev–Trinajstić information content (AvgIpc) is 2.55. The van der Waals surface area contributed by atoms with Crippen molar-refractivity contribution in [3.63, 3.8) is 0 Å². The van der Waals surface area contributed by atoms with Crippen LogP contribution >= 0.6 is 12.0 Å². The van der Waals surface area contributed by atoms with Crippen molar-refractivity contribution in [3.05, 3.63) is 42.5 Å². The number of aliphatic hydroxyl groups excluding tert-OH is 1. The number of β-lactam (4-membered cyclic amide) rings is 1. The van der Waals surface area contributed by atoms with Gasteiger partial charge in [0, 0.05) is 12.0 Å². The van der Waals surface area contributed by atoms with Crippen LogP contribution in [0.15, 0.2) is 42.5 Å². The Balaban J connectivity index is 1.88. The molecule has 3 N–H and O–H groups in total. The molecule has 1 saturated heterocycles. The van der Waals surface area contributed by atoms with E-state index in [1.807, 2.05) is 6.07 Å². The number of carbonyl (C=O) groups excluding carboxylic acids is 2. The minimum Gasteiger partial charge on any atom is -0.484 e. The first-order valence-electron chi connectivity index (χ1n) is 6.88. The molecule has 1 aromatic rings. The third-order valence-electron chi connectivity index (χ3n) is 3.32. The third kappa shape index (κ3) is 3.84. The van der Waals surface area contributed by atoms with Crippen LogP contribution in [0, 0.1) is 0 Å². The predicted octanol–water partition coefficient (Wildman–Crippen LogP) is 0.819. The second-order valence-corrected chi connectivity index (χ2v) is 5.80. The molecule has 0 aromatic heterocycles. The van der Waals surface area contributed by atoms with Gasteiger partial charge in [0.05, 0.1) is 0 Å². The van der Waals surface area contributed by atoms with Crippen LogP contribution in [0.1, 0.15) is 6.92 Å². The number of carbonyl (C=O) groups is 2. The molecule has 8 heteroatoms. The van der Waals surface area contributed by atoms with E-state index >= 15 is 0 Å². The number of nitrogens with zero attached hydrogens (tertiary/aromatic N) is 1. The maximum atomic E-state index is 12.0. The fraction of sp³-hybridized carbons (Fsp3) is 0.333. The Morgan fingerprint density at radius 1 is 1.48 bits per heavy atom. The molecular formula is C15H18N2O5S. The van der Waals surface area contributed by atoms with Gasteiger partial charge < -0.3 is 19.7 Å². The zero-order valence-corrected chi connectivity index (χ0v) is 13.3. The molecule has 0 bridgehead atoms. The van der Waals surface area contributed by atoms with Crippen LogP contribution < -0.4 is 10.1 Å². The van der Waals surface area contributed by atoms with Gasteiger partial charge >= 0.3 is 0 Å². The summed E-state index contributed by atoms with van der Waals surface area (Å²) in [6, 6.07) is 7.88. The van der Waals surface area contributed by atoms with Crippen molar-refractivity contribution in [2.24, 2.45) is 0 Å². The van der Waals surface area contributed by atoms with Gasteiger partial charge in [-0.2, -0.15) is 0 Å². The van der Waals surface area contributed by atoms with Crippen LogP contribution in [0.5, 0.6) is 5.75 Å². The second-order valence-electron chi connectivity index (χ2n) is 5.11. The molecule has 1 aliphatic heterocycles. The highest BCUT2D eigenvalue weighted by Gasteiger charge is 2.51. The summed E-state index contributed by atoms with van der Waals surface area (Å²) in [6.45, 7) is 4.88. The highest BCUT2D eigenvalue weighted by atomic mass is 32.2. The van der Waals surface area contributed by atoms with Crippen molar-refractivity contribution < 1.29 is 24.0 Å². The molecule has 1 aromatic carbocycles. The fourth-order valence-electron chi connectivity index (χ4n) is 2.11. The molecule has 23 heavy (non-hydrogen) atoms. The maximum Gasteiger partial charge on any atom is 0.258 e. The van der Waals surface area contributed by atoms with Crippen molar-refractivity contribution in [2.75, 3.05) is 6.61 Å². The number of likely N-dealkylation sites (tertiary alicyclic amines) is 1. The van der Waals surface area contributed by atoms with Crippen molar-refractivity contribution in [1.29, 1.82) is 0 Å². The summed E-state index contributed by atoms with van der Waals surface area (Å²) in [6.07, 6.45) is -1.19. The Morgan fingerprint density at radius 3 is 2.70 bits per heavy atom. The zero-order valence-electron chi connectivity index (χ0n) is 12.5. The number of benzene rings is 1. The molecule has 0 radical (unpaired) electrons. The van der Waals surface area contributed by atoms with Gasteiger partial charge in [0.15, 0.2) is 12.8 Å². The second kappa shape index (κ2) is 7.49. The van der Waals surface area contributed by atoms with Gasteiger partial charge in [-0.15, -0.1) is 0 Å². The minimum absolute atomic E-state index is 0.250. The van der Waals surface area contributed by atoms with Gasteiger partial charge in [-0.3, -0.25) is 14.5 Å². The number of ether oxygens (including phenoxy) is 1. The van der Waals surface area contributed by atoms with Gasteiger partial charge in [-0.05, 0) is 24.6 Å². The average molecular weight is 338 g/mol. The van der Waals surface area contributed by atoms with Crippen molar-refractivity contribution >= 4 is 23.9 Å². The third-order valence-corrected chi connectivity index (χ3v) is 4.04. The van der Waals surface area contributed by atoms with Gasteiger partial charge in [-0.1, -0.05) is 24.8 Å². The Hall–Kier alpha value is -2.03. The summed E-state index contributed by atoms with van der Waals surface area (Å²) < 4.78 is 14.6. The molecule has 1 heterocycles. The molecule has 2 amide bonds. The number of rotatable bonds is 7. The Morgan fingerprint density at radius 2 is 2.13 bits per heavy atom. The molecule has 3 atom stereocenters. The highest BCUT2D eigenvalue weighted by molar-refractivity contribution is 7.94. The smallest absolute Gasteiger partial charge is 0.258 e. The number of hydrogen-bond acceptors (Lipinski definition) is 6. The molecule has 0 spiro atoms. The fourth-order valence-corrected chi connectivity index (χ4v) is 2.74. The summed E-state index contributed by atoms with van der Waals surface area (Å²) in [5.74, 6) is -0.439. The van der Waals surface area contributed by atoms with Gasteiger partial charge in [0.1, 0.15) is 17.2 Å². The summed E-state index contributed by atoms with van der Waals surface area (Å²) >= 11 is 0.382. The number of aliphatic hydroxyl groups is 1. The lowest BCUT2D eigenvalue weighted by molar-refractivity contribution is -0.160. The van der Waals surface area contributed by atoms with E-state index < -0.39 is 29.5 Å². The Kier molecular flexibility index (Phi) is 5.64. The van der Waals surface area contributed by atoms with Crippen LogP contribution in [0.2, 0.25) is 0 Å². The van der Waals surface area contributed by atoms with Crippen LogP contribution in [0.4, 0.5) is 0 Å². The molecule has 0 saturated carbocycles. The first-order valence-corrected chi connectivity index (χ1v) is 7.72. The summed E-state index contributed by atoms with van der Waals surface area (Å²) in [5, 5.41) is 11.6. The maximum absolute atomic E-state index is 12.0. The molecule has 1 aliphatic rings. The largest absolute Gasteiger partial charge is 0.484 e. The van der Waals surface area contributed by atoms with E-state index in [9.17, 15) is 19.2 Å². The molecule has 124 valence electrons. The molecule has 1 unspecified atom stereocenters. The number of para-hydroxylation sites is 1. The quantitative estimate of drug-likeness (QED) is 0.387. The number of amides is 2. The van der Waals surface area contributed by atoms with E-state index in [-0.39, 0.29) is 6.61 Å². The van der Waals surface area contributed by atoms with Crippen LogP contribution in [0.3, 0.4) is 0 Å². The summed E-state index contributed by atoms with van der Waals surface area (Å²) in [4.78, 5) is 25.0. The van der Waals surface area contributed by atoms with Crippen LogP contribution in [0.25, 0.3) is 0 Å². The molecule has 0 aliphatic carbocycles. The lowest BCUT2D eigenvalue weighted by Gasteiger charge is -2.47. The predicted molar refractivity (Wildman–Crippen MR) is 85.5 cm³/mol. The topological polar surface area (TPSA) is 99.1 Å². The zero-order chi connectivity index (χ0) is 17.0. The standard InChI is InChI=1S/C15H18N2O5S/c1-9(2)13(19)17-14(20)12(15(17)23-21)16-11(18)8-22-10-6-4-3-5-7-10/h3-7,12-13,15,19,21H,1,8H2,2H3,(H,16,18)/t12-,13?,15-/m1/s1. The first-order chi connectivity index (χ1) is 11.0.